The third-order valence-corrected chi connectivity index (χ3v) is 8.04. The number of carboxylic acids is 1. The van der Waals surface area contributed by atoms with Crippen molar-refractivity contribution in [1.82, 2.24) is 0 Å². The first kappa shape index (κ1) is 45.4. The molecule has 0 saturated carbocycles. The van der Waals surface area contributed by atoms with Crippen molar-refractivity contribution in [2.24, 2.45) is 5.73 Å². The second-order valence-electron chi connectivity index (χ2n) is 11.6. The number of carboxylic acid groups (broad SMARTS) is 1. The number of aliphatic carboxylic acids is 1. The highest BCUT2D eigenvalue weighted by Gasteiger charge is 2.28. The molecule has 0 aromatic carbocycles. The predicted octanol–water partition coefficient (Wildman–Crippen LogP) is 8.27. The summed E-state index contributed by atoms with van der Waals surface area (Å²) in [5.41, 5.74) is 5.28. The molecule has 0 amide bonds. The minimum absolute atomic E-state index is 0.149. The van der Waals surface area contributed by atoms with Gasteiger partial charge in [0, 0.05) is 12.8 Å². The van der Waals surface area contributed by atoms with Crippen LogP contribution < -0.4 is 5.73 Å². The zero-order chi connectivity index (χ0) is 35.7. The Morgan fingerprint density at radius 3 is 1.75 bits per heavy atom. The number of hydrogen-bond donors (Lipinski definition) is 3. The molecular weight excluding hydrogens is 637 g/mol. The highest BCUT2D eigenvalue weighted by Crippen LogP contribution is 2.43. The summed E-state index contributed by atoms with van der Waals surface area (Å²) in [5, 5.41) is 8.80. The zero-order valence-electron chi connectivity index (χ0n) is 29.3. The van der Waals surface area contributed by atoms with Gasteiger partial charge in [0.05, 0.1) is 13.2 Å². The molecule has 0 spiro atoms. The number of nitrogens with two attached hydrogens (primary N) is 1. The molecule has 276 valence electrons. The van der Waals surface area contributed by atoms with Crippen LogP contribution in [0.1, 0.15) is 129 Å². The van der Waals surface area contributed by atoms with E-state index >= 15 is 0 Å². The molecule has 0 aromatic heterocycles. The van der Waals surface area contributed by atoms with Gasteiger partial charge in [0.25, 0.3) is 0 Å². The molecule has 0 aliphatic carbocycles. The van der Waals surface area contributed by atoms with Crippen LogP contribution in [0, 0.1) is 0 Å². The summed E-state index contributed by atoms with van der Waals surface area (Å²) in [4.78, 5) is 45.1. The molecule has 12 heteroatoms. The molecule has 11 nitrogen and oxygen atoms in total. The number of phosphoric acid groups is 1. The molecule has 0 aromatic rings. The highest BCUT2D eigenvalue weighted by molar-refractivity contribution is 7.47. The third-order valence-electron chi connectivity index (χ3n) is 7.09. The molecule has 3 unspecified atom stereocenters. The molecule has 0 fully saturated rings. The number of carbonyl (C=O) groups is 3. The van der Waals surface area contributed by atoms with Crippen molar-refractivity contribution >= 4 is 25.7 Å². The van der Waals surface area contributed by atoms with Gasteiger partial charge in [-0.3, -0.25) is 23.4 Å². The maximum absolute atomic E-state index is 12.4. The average molecular weight is 700 g/mol. The van der Waals surface area contributed by atoms with Crippen molar-refractivity contribution in [3.05, 3.63) is 48.6 Å². The summed E-state index contributed by atoms with van der Waals surface area (Å²) in [6.07, 6.45) is 32.8. The fourth-order valence-electron chi connectivity index (χ4n) is 4.29. The average Bonchev–Trinajstić information content (AvgIpc) is 3.05. The van der Waals surface area contributed by atoms with Crippen LogP contribution >= 0.6 is 7.82 Å². The highest BCUT2D eigenvalue weighted by atomic mass is 31.2. The van der Waals surface area contributed by atoms with Crippen molar-refractivity contribution < 1.29 is 47.5 Å². The quantitative estimate of drug-likeness (QED) is 0.0267. The number of esters is 2. The molecule has 0 bridgehead atoms. The topological polar surface area (TPSA) is 172 Å². The number of hydrogen-bond acceptors (Lipinski definition) is 9. The van der Waals surface area contributed by atoms with E-state index in [1.807, 2.05) is 6.92 Å². The van der Waals surface area contributed by atoms with E-state index in [4.69, 9.17) is 24.8 Å². The van der Waals surface area contributed by atoms with Crippen LogP contribution in [-0.2, 0) is 37.5 Å². The van der Waals surface area contributed by atoms with Crippen LogP contribution in [0.15, 0.2) is 48.6 Å². The van der Waals surface area contributed by atoms with Crippen LogP contribution in [-0.4, -0.2) is 59.9 Å². The Kier molecular flexibility index (Phi) is 30.0. The summed E-state index contributed by atoms with van der Waals surface area (Å²) >= 11 is 0. The smallest absolute Gasteiger partial charge is 0.472 e. The minimum Gasteiger partial charge on any atom is -0.480 e. The van der Waals surface area contributed by atoms with Gasteiger partial charge < -0.3 is 25.2 Å². The van der Waals surface area contributed by atoms with Crippen LogP contribution in [0.2, 0.25) is 0 Å². The van der Waals surface area contributed by atoms with Crippen molar-refractivity contribution in [2.45, 2.75) is 142 Å². The van der Waals surface area contributed by atoms with E-state index in [0.717, 1.165) is 70.6 Å². The number of unbranched alkanes of at least 4 members (excludes halogenated alkanes) is 10. The Hall–Kier alpha value is -2.56. The summed E-state index contributed by atoms with van der Waals surface area (Å²) in [5.74, 6) is -2.43. The Labute approximate surface area is 288 Å². The van der Waals surface area contributed by atoms with Gasteiger partial charge in [-0.05, 0) is 51.4 Å². The molecule has 0 radical (unpaired) electrons. The lowest BCUT2D eigenvalue weighted by molar-refractivity contribution is -0.161. The van der Waals surface area contributed by atoms with E-state index in [-0.39, 0.29) is 19.4 Å². The third kappa shape index (κ3) is 30.8. The van der Waals surface area contributed by atoms with E-state index in [9.17, 15) is 23.8 Å². The van der Waals surface area contributed by atoms with Gasteiger partial charge in [0.15, 0.2) is 6.10 Å². The molecule has 0 saturated heterocycles. The van der Waals surface area contributed by atoms with Crippen LogP contribution in [0.5, 0.6) is 0 Å². The molecule has 0 heterocycles. The van der Waals surface area contributed by atoms with Gasteiger partial charge in [-0.1, -0.05) is 114 Å². The van der Waals surface area contributed by atoms with Crippen LogP contribution in [0.25, 0.3) is 0 Å². The molecule has 4 N–H and O–H groups in total. The monoisotopic (exact) mass is 699 g/mol. The first-order valence-corrected chi connectivity index (χ1v) is 19.2. The van der Waals surface area contributed by atoms with Gasteiger partial charge in [0.2, 0.25) is 0 Å². The maximum atomic E-state index is 12.4. The SMILES string of the molecule is CC/C=C\C/C=C\C/C=C\C/C=C\CCCCCCCCCCC(=O)OC(COC(=O)CCCCC)COP(=O)(O)OCC(N)C(=O)O. The summed E-state index contributed by atoms with van der Waals surface area (Å²) in [7, 11) is -4.70. The lowest BCUT2D eigenvalue weighted by Crippen LogP contribution is -2.34. The standard InChI is InChI=1S/C36H62NO10P/c1-3-5-7-8-9-10-11-12-13-14-15-16-17-18-19-20-21-22-23-24-26-28-35(39)47-32(29-44-34(38)27-25-6-4-2)30-45-48(42,43)46-31-33(37)36(40)41/h5,7,9-10,12-13,15-16,32-33H,3-4,6,8,11,14,17-31,37H2,1-2H3,(H,40,41)(H,42,43)/b7-5-,10-9-,13-12-,16-15-. The second-order valence-corrected chi connectivity index (χ2v) is 13.1. The molecule has 48 heavy (non-hydrogen) atoms. The first-order valence-electron chi connectivity index (χ1n) is 17.7. The van der Waals surface area contributed by atoms with Gasteiger partial charge in [-0.2, -0.15) is 0 Å². The number of carbonyl (C=O) groups excluding carboxylic acids is 2. The van der Waals surface area contributed by atoms with E-state index < -0.39 is 51.1 Å². The van der Waals surface area contributed by atoms with Gasteiger partial charge in [0.1, 0.15) is 12.6 Å². The lowest BCUT2D eigenvalue weighted by atomic mass is 10.1. The fourth-order valence-corrected chi connectivity index (χ4v) is 5.07. The molecule has 0 aliphatic rings. The van der Waals surface area contributed by atoms with Crippen molar-refractivity contribution in [3.8, 4) is 0 Å². The minimum atomic E-state index is -4.70. The van der Waals surface area contributed by atoms with E-state index in [2.05, 4.69) is 60.1 Å². The normalized spacial score (nSPS) is 14.6. The van der Waals surface area contributed by atoms with Crippen molar-refractivity contribution in [1.29, 1.82) is 0 Å². The summed E-state index contributed by atoms with van der Waals surface area (Å²) < 4.78 is 32.1. The van der Waals surface area contributed by atoms with Gasteiger partial charge in [-0.15, -0.1) is 0 Å². The fraction of sp³-hybridized carbons (Fsp3) is 0.694. The Morgan fingerprint density at radius 1 is 0.667 bits per heavy atom. The molecular formula is C36H62NO10P. The van der Waals surface area contributed by atoms with Gasteiger partial charge in [-0.25, -0.2) is 4.57 Å². The largest absolute Gasteiger partial charge is 0.480 e. The molecule has 3 atom stereocenters. The lowest BCUT2D eigenvalue weighted by Gasteiger charge is -2.20. The maximum Gasteiger partial charge on any atom is 0.472 e. The number of phosphoric ester groups is 1. The molecule has 0 aliphatic heterocycles. The summed E-state index contributed by atoms with van der Waals surface area (Å²) in [6, 6.07) is -1.52. The number of rotatable bonds is 32. The van der Waals surface area contributed by atoms with Crippen molar-refractivity contribution in [2.75, 3.05) is 19.8 Å². The number of ether oxygens (including phenoxy) is 2. The van der Waals surface area contributed by atoms with Gasteiger partial charge >= 0.3 is 25.7 Å². The van der Waals surface area contributed by atoms with E-state index in [0.29, 0.717) is 12.8 Å². The molecule has 0 rings (SSSR count). The predicted molar refractivity (Wildman–Crippen MR) is 189 cm³/mol. The van der Waals surface area contributed by atoms with E-state index in [1.54, 1.807) is 0 Å². The number of allylic oxidation sites excluding steroid dienone is 8. The Morgan fingerprint density at radius 2 is 1.17 bits per heavy atom. The van der Waals surface area contributed by atoms with Crippen LogP contribution in [0.4, 0.5) is 0 Å². The zero-order valence-corrected chi connectivity index (χ0v) is 30.2. The second kappa shape index (κ2) is 31.7. The van der Waals surface area contributed by atoms with Crippen molar-refractivity contribution in [3.63, 3.8) is 0 Å². The van der Waals surface area contributed by atoms with Crippen LogP contribution in [0.3, 0.4) is 0 Å². The Balaban J connectivity index is 4.19. The van der Waals surface area contributed by atoms with E-state index in [1.165, 1.54) is 19.3 Å². The first-order chi connectivity index (χ1) is 23.1. The summed E-state index contributed by atoms with van der Waals surface area (Å²) in [6.45, 7) is 2.44. The Bertz CT molecular complexity index is 1010.